The standard InChI is InChI=1S/C23H28N4O2/c1-14(2)21-12-26-22(13-25-21)23(28)27-17-5-7-18(8-6-17)29-19-9-15(3)20(11-24)16(4)10-19/h9-10,12-14,17-18H,5-8H2,1-4H3,(H,27,28). The number of aromatic nitrogens is 2. The number of benzene rings is 1. The molecule has 0 aliphatic heterocycles. The molecule has 1 aromatic carbocycles. The number of carbonyl (C=O) groups is 1. The van der Waals surface area contributed by atoms with E-state index in [1.54, 1.807) is 12.4 Å². The van der Waals surface area contributed by atoms with E-state index in [2.05, 4.69) is 21.4 Å². The van der Waals surface area contributed by atoms with E-state index in [1.807, 2.05) is 39.8 Å². The van der Waals surface area contributed by atoms with Crippen molar-refractivity contribution in [1.29, 1.82) is 5.26 Å². The zero-order valence-corrected chi connectivity index (χ0v) is 17.5. The van der Waals surface area contributed by atoms with Crippen molar-refractivity contribution in [2.24, 2.45) is 0 Å². The normalized spacial score (nSPS) is 18.9. The van der Waals surface area contributed by atoms with Gasteiger partial charge in [0.05, 0.1) is 29.6 Å². The molecule has 1 amide bonds. The zero-order valence-electron chi connectivity index (χ0n) is 17.5. The van der Waals surface area contributed by atoms with Gasteiger partial charge in [-0.15, -0.1) is 0 Å². The highest BCUT2D eigenvalue weighted by Gasteiger charge is 2.24. The minimum atomic E-state index is -0.171. The van der Waals surface area contributed by atoms with Crippen LogP contribution in [0.15, 0.2) is 24.5 Å². The van der Waals surface area contributed by atoms with Gasteiger partial charge in [-0.25, -0.2) is 4.98 Å². The predicted octanol–water partition coefficient (Wildman–Crippen LogP) is 4.21. The van der Waals surface area contributed by atoms with Crippen LogP contribution in [0.25, 0.3) is 0 Å². The molecule has 0 saturated heterocycles. The van der Waals surface area contributed by atoms with Crippen molar-refractivity contribution in [3.05, 3.63) is 52.6 Å². The molecule has 152 valence electrons. The van der Waals surface area contributed by atoms with Crippen LogP contribution in [-0.2, 0) is 0 Å². The maximum atomic E-state index is 12.4. The summed E-state index contributed by atoms with van der Waals surface area (Å²) in [5, 5.41) is 12.3. The monoisotopic (exact) mass is 392 g/mol. The third kappa shape index (κ3) is 5.11. The molecule has 0 atom stereocenters. The summed E-state index contributed by atoms with van der Waals surface area (Å²) in [5.41, 5.74) is 3.83. The number of aryl methyl sites for hydroxylation is 2. The smallest absolute Gasteiger partial charge is 0.271 e. The predicted molar refractivity (Wildman–Crippen MR) is 111 cm³/mol. The number of nitriles is 1. The number of hydrogen-bond acceptors (Lipinski definition) is 5. The number of hydrogen-bond donors (Lipinski definition) is 1. The van der Waals surface area contributed by atoms with Gasteiger partial charge in [0.25, 0.3) is 5.91 Å². The van der Waals surface area contributed by atoms with Gasteiger partial charge in [-0.05, 0) is 68.7 Å². The van der Waals surface area contributed by atoms with Crippen molar-refractivity contribution >= 4 is 5.91 Å². The molecule has 1 heterocycles. The fourth-order valence-electron chi connectivity index (χ4n) is 3.70. The Morgan fingerprint density at radius 2 is 1.79 bits per heavy atom. The van der Waals surface area contributed by atoms with Crippen LogP contribution in [0.3, 0.4) is 0 Å². The van der Waals surface area contributed by atoms with E-state index in [0.717, 1.165) is 48.3 Å². The van der Waals surface area contributed by atoms with Crippen LogP contribution < -0.4 is 10.1 Å². The fraction of sp³-hybridized carbons (Fsp3) is 0.478. The summed E-state index contributed by atoms with van der Waals surface area (Å²) in [6.07, 6.45) is 6.83. The van der Waals surface area contributed by atoms with E-state index in [1.165, 1.54) is 0 Å². The van der Waals surface area contributed by atoms with Crippen molar-refractivity contribution in [2.75, 3.05) is 0 Å². The summed E-state index contributed by atoms with van der Waals surface area (Å²) in [6.45, 7) is 7.96. The summed E-state index contributed by atoms with van der Waals surface area (Å²) in [5.74, 6) is 0.932. The Morgan fingerprint density at radius 1 is 1.14 bits per heavy atom. The van der Waals surface area contributed by atoms with Crippen LogP contribution in [0.5, 0.6) is 5.75 Å². The summed E-state index contributed by atoms with van der Waals surface area (Å²) in [7, 11) is 0. The Balaban J connectivity index is 1.51. The largest absolute Gasteiger partial charge is 0.490 e. The van der Waals surface area contributed by atoms with E-state index in [4.69, 9.17) is 4.74 Å². The molecular formula is C23H28N4O2. The molecule has 0 bridgehead atoms. The second kappa shape index (κ2) is 9.04. The Kier molecular flexibility index (Phi) is 6.48. The van der Waals surface area contributed by atoms with Crippen molar-refractivity contribution in [2.45, 2.75) is 71.4 Å². The van der Waals surface area contributed by atoms with Crippen molar-refractivity contribution in [3.8, 4) is 11.8 Å². The molecular weight excluding hydrogens is 364 g/mol. The number of ether oxygens (including phenoxy) is 1. The van der Waals surface area contributed by atoms with Crippen LogP contribution in [0.1, 0.15) is 78.3 Å². The van der Waals surface area contributed by atoms with Gasteiger partial charge in [-0.3, -0.25) is 9.78 Å². The van der Waals surface area contributed by atoms with Crippen LogP contribution in [-0.4, -0.2) is 28.0 Å². The molecule has 2 aromatic rings. The van der Waals surface area contributed by atoms with Gasteiger partial charge in [0.15, 0.2) is 0 Å². The molecule has 1 N–H and O–H groups in total. The first-order valence-corrected chi connectivity index (χ1v) is 10.2. The topological polar surface area (TPSA) is 87.9 Å². The lowest BCUT2D eigenvalue weighted by Gasteiger charge is -2.29. The lowest BCUT2D eigenvalue weighted by atomic mass is 9.92. The van der Waals surface area contributed by atoms with Gasteiger partial charge in [0, 0.05) is 12.2 Å². The van der Waals surface area contributed by atoms with Gasteiger partial charge in [0.2, 0.25) is 0 Å². The van der Waals surface area contributed by atoms with E-state index in [9.17, 15) is 10.1 Å². The molecule has 1 aliphatic carbocycles. The number of carbonyl (C=O) groups excluding carboxylic acids is 1. The highest BCUT2D eigenvalue weighted by molar-refractivity contribution is 5.92. The first-order chi connectivity index (χ1) is 13.9. The third-order valence-electron chi connectivity index (χ3n) is 5.43. The Hall–Kier alpha value is -2.94. The van der Waals surface area contributed by atoms with Crippen LogP contribution in [0, 0.1) is 25.2 Å². The molecule has 0 unspecified atom stereocenters. The van der Waals surface area contributed by atoms with Crippen LogP contribution in [0.2, 0.25) is 0 Å². The fourth-order valence-corrected chi connectivity index (χ4v) is 3.70. The number of nitrogens with one attached hydrogen (secondary N) is 1. The lowest BCUT2D eigenvalue weighted by molar-refractivity contribution is 0.0888. The Morgan fingerprint density at radius 3 is 2.31 bits per heavy atom. The third-order valence-corrected chi connectivity index (χ3v) is 5.43. The average molecular weight is 393 g/mol. The summed E-state index contributed by atoms with van der Waals surface area (Å²) in [4.78, 5) is 21.0. The minimum absolute atomic E-state index is 0.123. The summed E-state index contributed by atoms with van der Waals surface area (Å²) in [6, 6.07) is 6.22. The lowest BCUT2D eigenvalue weighted by Crippen LogP contribution is -2.40. The Bertz CT molecular complexity index is 884. The van der Waals surface area contributed by atoms with Crippen LogP contribution in [0.4, 0.5) is 0 Å². The quantitative estimate of drug-likeness (QED) is 0.823. The molecule has 0 radical (unpaired) electrons. The van der Waals surface area contributed by atoms with E-state index in [-0.39, 0.29) is 18.1 Å². The van der Waals surface area contributed by atoms with Gasteiger partial charge in [-0.2, -0.15) is 5.26 Å². The molecule has 6 nitrogen and oxygen atoms in total. The molecule has 6 heteroatoms. The SMILES string of the molecule is Cc1cc(OC2CCC(NC(=O)c3cnc(C(C)C)cn3)CC2)cc(C)c1C#N. The first-order valence-electron chi connectivity index (χ1n) is 10.2. The molecule has 29 heavy (non-hydrogen) atoms. The van der Waals surface area contributed by atoms with Gasteiger partial charge in [0.1, 0.15) is 11.4 Å². The molecule has 3 rings (SSSR count). The average Bonchev–Trinajstić information content (AvgIpc) is 2.69. The minimum Gasteiger partial charge on any atom is -0.490 e. The van der Waals surface area contributed by atoms with Gasteiger partial charge < -0.3 is 10.1 Å². The highest BCUT2D eigenvalue weighted by Crippen LogP contribution is 2.27. The number of amides is 1. The highest BCUT2D eigenvalue weighted by atomic mass is 16.5. The molecule has 1 saturated carbocycles. The summed E-state index contributed by atoms with van der Waals surface area (Å²) < 4.78 is 6.15. The molecule has 1 aliphatic rings. The molecule has 0 spiro atoms. The second-order valence-electron chi connectivity index (χ2n) is 8.09. The Labute approximate surface area is 172 Å². The van der Waals surface area contributed by atoms with Crippen molar-refractivity contribution in [3.63, 3.8) is 0 Å². The van der Waals surface area contributed by atoms with E-state index >= 15 is 0 Å². The van der Waals surface area contributed by atoms with E-state index < -0.39 is 0 Å². The van der Waals surface area contributed by atoms with Gasteiger partial charge >= 0.3 is 0 Å². The van der Waals surface area contributed by atoms with Crippen LogP contribution >= 0.6 is 0 Å². The molecule has 1 aromatic heterocycles. The second-order valence-corrected chi connectivity index (χ2v) is 8.09. The van der Waals surface area contributed by atoms with Crippen molar-refractivity contribution in [1.82, 2.24) is 15.3 Å². The first kappa shape index (κ1) is 20.8. The molecule has 1 fully saturated rings. The zero-order chi connectivity index (χ0) is 21.0. The number of rotatable bonds is 5. The summed E-state index contributed by atoms with van der Waals surface area (Å²) >= 11 is 0. The maximum Gasteiger partial charge on any atom is 0.271 e. The van der Waals surface area contributed by atoms with E-state index in [0.29, 0.717) is 17.2 Å². The maximum absolute atomic E-state index is 12.4. The van der Waals surface area contributed by atoms with Gasteiger partial charge in [-0.1, -0.05) is 13.8 Å². The van der Waals surface area contributed by atoms with Crippen molar-refractivity contribution < 1.29 is 9.53 Å². The number of nitrogens with zero attached hydrogens (tertiary/aromatic N) is 3.